The van der Waals surface area contributed by atoms with Crippen LogP contribution in [0, 0.1) is 11.8 Å². The van der Waals surface area contributed by atoms with E-state index in [1.165, 1.54) is 68.7 Å². The number of ether oxygens (including phenoxy) is 1. The summed E-state index contributed by atoms with van der Waals surface area (Å²) in [6, 6.07) is 20.9. The Morgan fingerprint density at radius 2 is 0.589 bits per heavy atom. The number of nitrogens with zero attached hydrogens (tertiary/aromatic N) is 16. The lowest BCUT2D eigenvalue weighted by Gasteiger charge is -2.35. The summed E-state index contributed by atoms with van der Waals surface area (Å²) in [6.07, 6.45) is -26.7. The van der Waals surface area contributed by atoms with Crippen molar-refractivity contribution >= 4 is 86.2 Å². The van der Waals surface area contributed by atoms with E-state index in [-0.39, 0.29) is 114 Å². The number of methoxy groups -OCH3 is 1. The number of alkyl halides is 21. The average molecular weight is 1940 g/mol. The highest BCUT2D eigenvalue weighted by molar-refractivity contribution is 7.18. The van der Waals surface area contributed by atoms with Gasteiger partial charge in [-0.25, -0.2) is 0 Å². The monoisotopic (exact) mass is 1940 g/mol. The fourth-order valence-corrected chi connectivity index (χ4v) is 19.5. The molecule has 2 unspecified atom stereocenters. The number of hydrogen-bond acceptors (Lipinski definition) is 18. The van der Waals surface area contributed by atoms with Gasteiger partial charge in [-0.2, -0.15) is 118 Å². The molecule has 10 aromatic heterocycles. The Kier molecular flexibility index (Phi) is 31.1. The summed E-state index contributed by atoms with van der Waals surface area (Å²) in [7, 11) is 11.8. The van der Waals surface area contributed by atoms with E-state index in [4.69, 9.17) is 4.74 Å². The van der Waals surface area contributed by atoms with E-state index in [0.717, 1.165) is 138 Å². The first-order valence-corrected chi connectivity index (χ1v) is 43.8. The molecule has 0 radical (unpaired) electrons. The van der Waals surface area contributed by atoms with Gasteiger partial charge in [0, 0.05) is 114 Å². The van der Waals surface area contributed by atoms with Crippen LogP contribution >= 0.6 is 56.7 Å². The fourth-order valence-electron chi connectivity index (χ4n) is 14.9. The summed E-state index contributed by atoms with van der Waals surface area (Å²) in [4.78, 5) is 76.7. The van der Waals surface area contributed by atoms with Crippen LogP contribution in [0.1, 0.15) is 141 Å². The van der Waals surface area contributed by atoms with Gasteiger partial charge in [0.2, 0.25) is 0 Å². The molecule has 23 nitrogen and oxygen atoms in total. The smallest absolute Gasteiger partial charge is 0.391 e. The highest BCUT2D eigenvalue weighted by atomic mass is 32.1. The highest BCUT2D eigenvalue weighted by Gasteiger charge is 2.46. The largest absolute Gasteiger partial charge is 0.433 e. The van der Waals surface area contributed by atoms with E-state index >= 15 is 0 Å². The maximum absolute atomic E-state index is 12.9. The zero-order valence-corrected chi connectivity index (χ0v) is 73.8. The van der Waals surface area contributed by atoms with E-state index < -0.39 is 108 Å². The number of β-amino-alcohol motifs (C(OH)–C–C–N with tert-alkyl or cyclic N) is 1. The minimum absolute atomic E-state index is 0.00193. The highest BCUT2D eigenvalue weighted by Crippen LogP contribution is 2.43. The molecule has 0 saturated carbocycles. The van der Waals surface area contributed by atoms with Crippen LogP contribution in [0.15, 0.2) is 91.0 Å². The molecule has 129 heavy (non-hydrogen) atoms. The van der Waals surface area contributed by atoms with Gasteiger partial charge in [-0.1, -0.05) is 0 Å². The van der Waals surface area contributed by atoms with Crippen molar-refractivity contribution in [2.75, 3.05) is 86.7 Å². The van der Waals surface area contributed by atoms with E-state index in [0.29, 0.717) is 88.9 Å². The molecule has 15 rings (SSSR count). The quantitative estimate of drug-likeness (QED) is 0.113. The average Bonchev–Trinajstić information content (AvgIpc) is 1.67. The topological polar surface area (TPSA) is 223 Å². The zero-order chi connectivity index (χ0) is 94.7. The van der Waals surface area contributed by atoms with Crippen LogP contribution in [0.25, 0.3) is 52.9 Å². The molecule has 10 aromatic rings. The lowest BCUT2D eigenvalue weighted by Crippen LogP contribution is -2.44. The number of aliphatic hydroxyl groups excluding tert-OH is 1. The van der Waals surface area contributed by atoms with E-state index in [2.05, 4.69) is 30.4 Å². The number of rotatable bonds is 12. The second-order valence-corrected chi connectivity index (χ2v) is 36.4. The van der Waals surface area contributed by atoms with Crippen molar-refractivity contribution in [3.63, 3.8) is 0 Å². The minimum atomic E-state index is -4.56. The summed E-state index contributed by atoms with van der Waals surface area (Å²) < 4.78 is 279. The van der Waals surface area contributed by atoms with Crippen molar-refractivity contribution in [1.29, 1.82) is 0 Å². The first-order chi connectivity index (χ1) is 60.1. The molecule has 15 heterocycles. The van der Waals surface area contributed by atoms with Gasteiger partial charge in [0.15, 0.2) is 0 Å². The Morgan fingerprint density at radius 3 is 0.829 bits per heavy atom. The molecule has 0 aliphatic carbocycles. The number of thiophene rings is 5. The summed E-state index contributed by atoms with van der Waals surface area (Å²) in [5.41, 5.74) is -3.51. The molecule has 0 bridgehead atoms. The van der Waals surface area contributed by atoms with Crippen LogP contribution in [0.4, 0.5) is 92.2 Å². The molecule has 1 N–H and O–H groups in total. The van der Waals surface area contributed by atoms with Gasteiger partial charge in [-0.15, -0.1) is 56.7 Å². The molecule has 2 atom stereocenters. The van der Waals surface area contributed by atoms with Crippen molar-refractivity contribution in [2.24, 2.45) is 47.1 Å². The van der Waals surface area contributed by atoms with Gasteiger partial charge in [-0.05, 0) is 169 Å². The first-order valence-electron chi connectivity index (χ1n) is 39.7. The standard InChI is InChI=1S/C17H21F3N4OS.2C16H15F6N3OS.C16H18F3N3O2S.C15H16F3N3O2S/c1-22(2)11-6-8-24(9-7-11)16(25)14-5-4-13(26-14)12-10-15(17(18,19)20)23(3)21-12;1-24-13(16(20,21)22)8-10(23-24)11-2-3-12(27-11)14(26)25-6-4-9(5-7-25)15(17,18)19;1-24-13(16(20,21)22)7-10(23-24)11-4-5-12(27-11)14(26)25-6-2-3-9(8-25)15(17,18)19;1-21-14(16(17,18)19)9-11(20-21)12-3-4-13(25-12)15(23)22-7-5-10(24-2)6-8-22;1-20-13(15(16,17)18)7-10(19-20)11-4-5-12(24-11)14(23)21-6-2-3-9(22)8-21/h4-5,10-11H,6-9H2,1-3H3;2-3,8-9H,4-7H2,1H3;4-5,7,9H,2-3,6,8H2,1H3;3-4,9-10H,5-8H2,1-2H3;4-5,7,9,22H,2-3,6,8H2,1H3. The molecule has 5 amide bonds. The predicted molar refractivity (Wildman–Crippen MR) is 437 cm³/mol. The second kappa shape index (κ2) is 40.2. The molecule has 704 valence electrons. The number of hydrogen-bond donors (Lipinski definition) is 1. The molecular weight excluding hydrogens is 1860 g/mol. The Morgan fingerprint density at radius 1 is 0.341 bits per heavy atom. The molecular formula is C80H85F21N16O7S5. The first kappa shape index (κ1) is 99.9. The van der Waals surface area contributed by atoms with Gasteiger partial charge in [-0.3, -0.25) is 47.4 Å². The number of aliphatic hydroxyl groups is 1. The number of carbonyl (C=O) groups is 5. The predicted octanol–water partition coefficient (Wildman–Crippen LogP) is 18.7. The van der Waals surface area contributed by atoms with Gasteiger partial charge in [0.1, 0.15) is 56.9 Å². The van der Waals surface area contributed by atoms with Crippen molar-refractivity contribution in [2.45, 2.75) is 126 Å². The SMILES string of the molecule is CN(C)C1CCN(C(=O)c2ccc(-c3cc(C(F)(F)F)n(C)n3)s2)CC1.COC1CCN(C(=O)c2ccc(-c3cc(C(F)(F)F)n(C)n3)s2)CC1.Cn1nc(-c2ccc(C(=O)N3CCC(C(F)(F)F)CC3)s2)cc1C(F)(F)F.Cn1nc(-c2ccc(C(=O)N3CCCC(C(F)(F)F)C3)s2)cc1C(F)(F)F.Cn1nc(-c2ccc(C(=O)N3CCCC(O)C3)s2)cc1C(F)(F)F. The summed E-state index contributed by atoms with van der Waals surface area (Å²) in [5, 5.41) is 29.0. The number of carbonyl (C=O) groups excluding carboxylic acids is 5. The van der Waals surface area contributed by atoms with Crippen LogP contribution < -0.4 is 0 Å². The number of piperidine rings is 5. The van der Waals surface area contributed by atoms with Gasteiger partial charge in [0.05, 0.1) is 72.8 Å². The van der Waals surface area contributed by atoms with Crippen molar-refractivity contribution in [3.8, 4) is 52.9 Å². The third kappa shape index (κ3) is 24.9. The Labute approximate surface area is 742 Å². The minimum Gasteiger partial charge on any atom is -0.391 e. The van der Waals surface area contributed by atoms with Crippen molar-refractivity contribution < 1.29 is 126 Å². The van der Waals surface area contributed by atoms with E-state index in [1.54, 1.807) is 53.3 Å². The van der Waals surface area contributed by atoms with Crippen LogP contribution in [0.3, 0.4) is 0 Å². The molecule has 49 heteroatoms. The van der Waals surface area contributed by atoms with Crippen molar-refractivity contribution in [1.82, 2.24) is 78.3 Å². The molecule has 5 fully saturated rings. The number of aromatic nitrogens is 10. The van der Waals surface area contributed by atoms with Gasteiger partial charge in [0.25, 0.3) is 29.5 Å². The van der Waals surface area contributed by atoms with E-state index in [1.807, 2.05) is 19.0 Å². The van der Waals surface area contributed by atoms with Gasteiger partial charge >= 0.3 is 43.2 Å². The number of aryl methyl sites for hydroxylation is 5. The van der Waals surface area contributed by atoms with E-state index in [9.17, 15) is 121 Å². The Bertz CT molecular complexity index is 5520. The molecule has 5 saturated heterocycles. The maximum atomic E-state index is 12.9. The second-order valence-electron chi connectivity index (χ2n) is 31.0. The lowest BCUT2D eigenvalue weighted by molar-refractivity contribution is -0.184. The number of halogens is 21. The summed E-state index contributed by atoms with van der Waals surface area (Å²) in [6.45, 7) is 3.29. The molecule has 5 aliphatic heterocycles. The molecule has 0 spiro atoms. The number of amides is 5. The molecule has 5 aliphatic rings. The summed E-state index contributed by atoms with van der Waals surface area (Å²) >= 11 is 5.33. The zero-order valence-electron chi connectivity index (χ0n) is 69.7. The van der Waals surface area contributed by atoms with Crippen LogP contribution in [-0.2, 0) is 70.9 Å². The number of likely N-dealkylation sites (tertiary alicyclic amines) is 5. The third-order valence-electron chi connectivity index (χ3n) is 21.8. The Hall–Kier alpha value is -9.69. The molecule has 0 aromatic carbocycles. The van der Waals surface area contributed by atoms with Crippen LogP contribution in [0.2, 0.25) is 0 Å². The summed E-state index contributed by atoms with van der Waals surface area (Å²) in [5.74, 6) is -4.30. The van der Waals surface area contributed by atoms with Crippen LogP contribution in [0.5, 0.6) is 0 Å². The lowest BCUT2D eigenvalue weighted by atomic mass is 9.96. The maximum Gasteiger partial charge on any atom is 0.433 e. The van der Waals surface area contributed by atoms with Crippen LogP contribution in [-0.4, -0.2) is 230 Å². The fraction of sp³-hybridized carbons (Fsp3) is 0.500. The Balaban J connectivity index is 0.000000156. The normalized spacial score (nSPS) is 17.5. The van der Waals surface area contributed by atoms with Crippen molar-refractivity contribution in [3.05, 3.63) is 144 Å². The third-order valence-corrected chi connectivity index (χ3v) is 27.3. The van der Waals surface area contributed by atoms with Gasteiger partial charge < -0.3 is 39.2 Å².